The minimum absolute atomic E-state index is 0.247. The van der Waals surface area contributed by atoms with Crippen molar-refractivity contribution in [1.29, 1.82) is 0 Å². The Hall–Kier alpha value is -2.62. The first-order chi connectivity index (χ1) is 11.0. The van der Waals surface area contributed by atoms with Crippen LogP contribution in [-0.2, 0) is 17.8 Å². The van der Waals surface area contributed by atoms with E-state index >= 15 is 0 Å². The average molecular weight is 308 g/mol. The second-order valence-electron chi connectivity index (χ2n) is 6.34. The van der Waals surface area contributed by atoms with Crippen LogP contribution >= 0.6 is 0 Å². The molecule has 2 aromatic rings. The summed E-state index contributed by atoms with van der Waals surface area (Å²) < 4.78 is 0. The van der Waals surface area contributed by atoms with E-state index in [1.165, 1.54) is 11.1 Å². The van der Waals surface area contributed by atoms with Crippen molar-refractivity contribution >= 4 is 11.9 Å². The summed E-state index contributed by atoms with van der Waals surface area (Å²) in [6.45, 7) is 3.97. The highest BCUT2D eigenvalue weighted by atomic mass is 16.2. The van der Waals surface area contributed by atoms with Gasteiger partial charge < -0.3 is 4.90 Å². The molecule has 1 fully saturated rings. The lowest BCUT2D eigenvalue weighted by Crippen LogP contribution is -2.43. The van der Waals surface area contributed by atoms with E-state index in [4.69, 9.17) is 0 Å². The van der Waals surface area contributed by atoms with Crippen molar-refractivity contribution in [1.82, 2.24) is 10.2 Å². The van der Waals surface area contributed by atoms with Gasteiger partial charge in [-0.2, -0.15) is 0 Å². The van der Waals surface area contributed by atoms with Gasteiger partial charge in [-0.15, -0.1) is 0 Å². The van der Waals surface area contributed by atoms with Crippen LogP contribution in [0.1, 0.15) is 30.5 Å². The third-order valence-electron chi connectivity index (χ3n) is 4.38. The Morgan fingerprint density at radius 1 is 0.913 bits per heavy atom. The summed E-state index contributed by atoms with van der Waals surface area (Å²) in [5.74, 6) is -0.247. The molecule has 1 aliphatic heterocycles. The Bertz CT molecular complexity index is 738. The van der Waals surface area contributed by atoms with Gasteiger partial charge in [-0.3, -0.25) is 10.1 Å². The predicted molar refractivity (Wildman–Crippen MR) is 88.9 cm³/mol. The van der Waals surface area contributed by atoms with Gasteiger partial charge >= 0.3 is 6.03 Å². The number of amides is 3. The lowest BCUT2D eigenvalue weighted by atomic mass is 9.97. The van der Waals surface area contributed by atoms with Crippen LogP contribution in [0.15, 0.2) is 54.6 Å². The number of rotatable bonds is 4. The molecule has 1 N–H and O–H groups in total. The Morgan fingerprint density at radius 2 is 1.52 bits per heavy atom. The molecule has 0 saturated carbocycles. The van der Waals surface area contributed by atoms with Gasteiger partial charge in [0.2, 0.25) is 0 Å². The molecular weight excluding hydrogens is 288 g/mol. The largest absolute Gasteiger partial charge is 0.325 e. The van der Waals surface area contributed by atoms with E-state index in [1.807, 2.05) is 36.4 Å². The molecule has 0 spiro atoms. The summed E-state index contributed by atoms with van der Waals surface area (Å²) in [7, 11) is 0. The van der Waals surface area contributed by atoms with Crippen molar-refractivity contribution in [2.45, 2.75) is 32.4 Å². The first kappa shape index (κ1) is 15.3. The molecular formula is C19H20N2O2. The molecule has 4 nitrogen and oxygen atoms in total. The molecule has 3 rings (SSSR count). The zero-order valence-electron chi connectivity index (χ0n) is 13.4. The molecule has 2 aromatic carbocycles. The molecule has 118 valence electrons. The smallest absolute Gasteiger partial charge is 0.306 e. The third-order valence-corrected chi connectivity index (χ3v) is 4.38. The Labute approximate surface area is 136 Å². The predicted octanol–water partition coefficient (Wildman–Crippen LogP) is 3.11. The lowest BCUT2D eigenvalue weighted by Gasteiger charge is -2.28. The summed E-state index contributed by atoms with van der Waals surface area (Å²) in [6, 6.07) is 18.0. The number of nitrogens with zero attached hydrogens (tertiary/aromatic N) is 1. The van der Waals surface area contributed by atoms with Crippen molar-refractivity contribution in [2.24, 2.45) is 0 Å². The van der Waals surface area contributed by atoms with Gasteiger partial charge in [0, 0.05) is 6.54 Å². The first-order valence-electron chi connectivity index (χ1n) is 7.72. The Morgan fingerprint density at radius 3 is 2.13 bits per heavy atom. The van der Waals surface area contributed by atoms with Crippen LogP contribution < -0.4 is 5.32 Å². The van der Waals surface area contributed by atoms with Gasteiger partial charge in [-0.1, -0.05) is 54.6 Å². The van der Waals surface area contributed by atoms with Crippen LogP contribution in [0, 0.1) is 0 Å². The zero-order chi connectivity index (χ0) is 16.4. The van der Waals surface area contributed by atoms with Gasteiger partial charge in [0.25, 0.3) is 5.91 Å². The highest BCUT2D eigenvalue weighted by Crippen LogP contribution is 2.25. The van der Waals surface area contributed by atoms with Crippen LogP contribution in [-0.4, -0.2) is 22.4 Å². The van der Waals surface area contributed by atoms with Gasteiger partial charge in [0.15, 0.2) is 0 Å². The quantitative estimate of drug-likeness (QED) is 0.882. The zero-order valence-corrected chi connectivity index (χ0v) is 13.4. The summed E-state index contributed by atoms with van der Waals surface area (Å²) in [5.41, 5.74) is 2.63. The van der Waals surface area contributed by atoms with Gasteiger partial charge in [0.1, 0.15) is 5.54 Å². The van der Waals surface area contributed by atoms with Crippen LogP contribution in [0.25, 0.3) is 0 Å². The number of imide groups is 1. The molecule has 0 aromatic heterocycles. The van der Waals surface area contributed by atoms with Crippen molar-refractivity contribution in [3.05, 3.63) is 71.3 Å². The van der Waals surface area contributed by atoms with E-state index in [-0.39, 0.29) is 11.9 Å². The fourth-order valence-electron chi connectivity index (χ4n) is 2.83. The fourth-order valence-corrected chi connectivity index (χ4v) is 2.83. The minimum atomic E-state index is -0.822. The number of benzene rings is 2. The molecule has 3 amide bonds. The molecule has 0 bridgehead atoms. The van der Waals surface area contributed by atoms with Crippen molar-refractivity contribution < 1.29 is 9.59 Å². The van der Waals surface area contributed by atoms with Crippen molar-refractivity contribution in [2.75, 3.05) is 0 Å². The van der Waals surface area contributed by atoms with Crippen molar-refractivity contribution in [3.8, 4) is 0 Å². The average Bonchev–Trinajstić information content (AvgIpc) is 2.72. The van der Waals surface area contributed by atoms with Crippen LogP contribution in [0.3, 0.4) is 0 Å². The van der Waals surface area contributed by atoms with Crippen LogP contribution in [0.4, 0.5) is 4.79 Å². The Balaban J connectivity index is 1.87. The first-order valence-corrected chi connectivity index (χ1v) is 7.72. The molecule has 0 radical (unpaired) electrons. The SMILES string of the molecule is CC1(C)C(=O)NC(=O)N1Cc1ccccc1Cc1ccccc1. The highest BCUT2D eigenvalue weighted by Gasteiger charge is 2.45. The van der Waals surface area contributed by atoms with E-state index in [0.29, 0.717) is 6.54 Å². The molecule has 0 unspecified atom stereocenters. The molecule has 1 aliphatic rings. The normalized spacial score (nSPS) is 16.5. The molecule has 1 saturated heterocycles. The van der Waals surface area contributed by atoms with E-state index < -0.39 is 5.54 Å². The summed E-state index contributed by atoms with van der Waals surface area (Å²) in [4.78, 5) is 25.6. The van der Waals surface area contributed by atoms with E-state index in [0.717, 1.165) is 12.0 Å². The van der Waals surface area contributed by atoms with Gasteiger partial charge in [-0.05, 0) is 37.0 Å². The third kappa shape index (κ3) is 2.97. The van der Waals surface area contributed by atoms with Gasteiger partial charge in [-0.25, -0.2) is 4.79 Å². The summed E-state index contributed by atoms with van der Waals surface area (Å²) >= 11 is 0. The fraction of sp³-hybridized carbons (Fsp3) is 0.263. The number of hydrogen-bond acceptors (Lipinski definition) is 2. The van der Waals surface area contributed by atoms with E-state index in [9.17, 15) is 9.59 Å². The van der Waals surface area contributed by atoms with E-state index in [1.54, 1.807) is 18.7 Å². The summed E-state index contributed by atoms with van der Waals surface area (Å²) in [6.07, 6.45) is 0.806. The Kier molecular flexibility index (Phi) is 3.90. The summed E-state index contributed by atoms with van der Waals surface area (Å²) in [5, 5.41) is 2.39. The molecule has 4 heteroatoms. The monoisotopic (exact) mass is 308 g/mol. The molecule has 0 atom stereocenters. The molecule has 1 heterocycles. The maximum absolute atomic E-state index is 12.1. The van der Waals surface area contributed by atoms with Crippen LogP contribution in [0.2, 0.25) is 0 Å². The number of urea groups is 1. The number of carbonyl (C=O) groups excluding carboxylic acids is 2. The van der Waals surface area contributed by atoms with Crippen LogP contribution in [0.5, 0.6) is 0 Å². The number of carbonyl (C=O) groups is 2. The minimum Gasteiger partial charge on any atom is -0.306 e. The maximum atomic E-state index is 12.1. The standard InChI is InChI=1S/C19H20N2O2/c1-19(2)17(22)20-18(23)21(19)13-16-11-7-6-10-15(16)12-14-8-4-3-5-9-14/h3-11H,12-13H2,1-2H3,(H,20,22,23). The lowest BCUT2D eigenvalue weighted by molar-refractivity contribution is -0.125. The number of hydrogen-bond donors (Lipinski definition) is 1. The second-order valence-corrected chi connectivity index (χ2v) is 6.34. The number of nitrogens with one attached hydrogen (secondary N) is 1. The van der Waals surface area contributed by atoms with Gasteiger partial charge in [0.05, 0.1) is 0 Å². The molecule has 23 heavy (non-hydrogen) atoms. The van der Waals surface area contributed by atoms with E-state index in [2.05, 4.69) is 23.5 Å². The van der Waals surface area contributed by atoms with Crippen molar-refractivity contribution in [3.63, 3.8) is 0 Å². The highest BCUT2D eigenvalue weighted by molar-refractivity contribution is 6.06. The molecule has 0 aliphatic carbocycles. The maximum Gasteiger partial charge on any atom is 0.325 e. The topological polar surface area (TPSA) is 49.4 Å². The second kappa shape index (κ2) is 5.88.